The van der Waals surface area contributed by atoms with Crippen LogP contribution in [0.1, 0.15) is 30.1 Å². The molecule has 1 fully saturated rings. The lowest BCUT2D eigenvalue weighted by molar-refractivity contribution is 0.1000. The highest BCUT2D eigenvalue weighted by Gasteiger charge is 2.19. The van der Waals surface area contributed by atoms with Crippen LogP contribution in [0.4, 0.5) is 5.82 Å². The maximum atomic E-state index is 11.0. The number of pyridine rings is 1. The standard InChI is InChI=1S/C13H20N4O/c1-2-15-11-5-7-17(8-6-11)12-4-3-10(9-16-12)13(14)18/h3-4,9,11,15H,2,5-8H2,1H3,(H2,14,18). The highest BCUT2D eigenvalue weighted by Crippen LogP contribution is 2.17. The predicted molar refractivity (Wildman–Crippen MR) is 71.7 cm³/mol. The van der Waals surface area contributed by atoms with Gasteiger partial charge in [-0.15, -0.1) is 0 Å². The Bertz CT molecular complexity index is 396. The first-order chi connectivity index (χ1) is 8.70. The largest absolute Gasteiger partial charge is 0.366 e. The Balaban J connectivity index is 1.95. The molecule has 2 rings (SSSR count). The number of rotatable bonds is 4. The lowest BCUT2D eigenvalue weighted by atomic mass is 10.1. The molecule has 0 aromatic carbocycles. The third-order valence-electron chi connectivity index (χ3n) is 3.34. The zero-order valence-corrected chi connectivity index (χ0v) is 10.7. The maximum absolute atomic E-state index is 11.0. The lowest BCUT2D eigenvalue weighted by Gasteiger charge is -2.33. The second-order valence-corrected chi connectivity index (χ2v) is 4.59. The quantitative estimate of drug-likeness (QED) is 0.825. The molecule has 5 nitrogen and oxygen atoms in total. The second-order valence-electron chi connectivity index (χ2n) is 4.59. The molecule has 3 N–H and O–H groups in total. The summed E-state index contributed by atoms with van der Waals surface area (Å²) >= 11 is 0. The average molecular weight is 248 g/mol. The van der Waals surface area contributed by atoms with E-state index in [0.29, 0.717) is 11.6 Å². The summed E-state index contributed by atoms with van der Waals surface area (Å²) in [4.78, 5) is 17.5. The van der Waals surface area contributed by atoms with Gasteiger partial charge in [0, 0.05) is 25.3 Å². The Kier molecular flexibility index (Phi) is 4.15. The van der Waals surface area contributed by atoms with Gasteiger partial charge in [-0.2, -0.15) is 0 Å². The Morgan fingerprint density at radius 2 is 2.22 bits per heavy atom. The third-order valence-corrected chi connectivity index (χ3v) is 3.34. The number of anilines is 1. The van der Waals surface area contributed by atoms with Gasteiger partial charge in [-0.1, -0.05) is 6.92 Å². The van der Waals surface area contributed by atoms with Gasteiger partial charge in [-0.3, -0.25) is 4.79 Å². The molecular formula is C13H20N4O. The van der Waals surface area contributed by atoms with Crippen LogP contribution in [0.2, 0.25) is 0 Å². The van der Waals surface area contributed by atoms with Crippen molar-refractivity contribution in [3.63, 3.8) is 0 Å². The fourth-order valence-electron chi connectivity index (χ4n) is 2.32. The van der Waals surface area contributed by atoms with E-state index in [0.717, 1.165) is 38.3 Å². The molecule has 1 aliphatic heterocycles. The summed E-state index contributed by atoms with van der Waals surface area (Å²) in [6, 6.07) is 4.23. The SMILES string of the molecule is CCNC1CCN(c2ccc(C(N)=O)cn2)CC1. The Hall–Kier alpha value is -1.62. The van der Waals surface area contributed by atoms with Crippen LogP contribution < -0.4 is 16.0 Å². The highest BCUT2D eigenvalue weighted by molar-refractivity contribution is 5.92. The number of primary amides is 1. The fourth-order valence-corrected chi connectivity index (χ4v) is 2.32. The summed E-state index contributed by atoms with van der Waals surface area (Å²) in [5.41, 5.74) is 5.65. The number of nitrogens with zero attached hydrogens (tertiary/aromatic N) is 2. The van der Waals surface area contributed by atoms with Crippen molar-refractivity contribution in [3.8, 4) is 0 Å². The first kappa shape index (κ1) is 12.8. The van der Waals surface area contributed by atoms with Gasteiger partial charge in [0.15, 0.2) is 0 Å². The number of carbonyl (C=O) groups is 1. The van der Waals surface area contributed by atoms with Crippen molar-refractivity contribution in [2.45, 2.75) is 25.8 Å². The van der Waals surface area contributed by atoms with Crippen molar-refractivity contribution in [1.82, 2.24) is 10.3 Å². The summed E-state index contributed by atoms with van der Waals surface area (Å²) in [6.07, 6.45) is 3.81. The van der Waals surface area contributed by atoms with Gasteiger partial charge in [0.05, 0.1) is 5.56 Å². The predicted octanol–water partition coefficient (Wildman–Crippen LogP) is 0.759. The smallest absolute Gasteiger partial charge is 0.250 e. The summed E-state index contributed by atoms with van der Waals surface area (Å²) in [6.45, 7) is 5.16. The molecule has 0 spiro atoms. The number of nitrogens with one attached hydrogen (secondary N) is 1. The molecular weight excluding hydrogens is 228 g/mol. The van der Waals surface area contributed by atoms with E-state index in [2.05, 4.69) is 22.1 Å². The summed E-state index contributed by atoms with van der Waals surface area (Å²) < 4.78 is 0. The molecule has 0 radical (unpaired) electrons. The molecule has 5 heteroatoms. The van der Waals surface area contributed by atoms with E-state index in [1.54, 1.807) is 12.3 Å². The van der Waals surface area contributed by atoms with E-state index >= 15 is 0 Å². The van der Waals surface area contributed by atoms with Crippen molar-refractivity contribution >= 4 is 11.7 Å². The molecule has 0 unspecified atom stereocenters. The van der Waals surface area contributed by atoms with Crippen molar-refractivity contribution in [1.29, 1.82) is 0 Å². The van der Waals surface area contributed by atoms with Crippen LogP contribution in [0, 0.1) is 0 Å². The van der Waals surface area contributed by atoms with Gasteiger partial charge in [0.2, 0.25) is 5.91 Å². The number of hydrogen-bond acceptors (Lipinski definition) is 4. The molecule has 0 aliphatic carbocycles. The van der Waals surface area contributed by atoms with E-state index in [1.165, 1.54) is 0 Å². The van der Waals surface area contributed by atoms with Gasteiger partial charge < -0.3 is 16.0 Å². The zero-order chi connectivity index (χ0) is 13.0. The maximum Gasteiger partial charge on any atom is 0.250 e. The van der Waals surface area contributed by atoms with Crippen LogP contribution in [0.25, 0.3) is 0 Å². The number of piperidine rings is 1. The van der Waals surface area contributed by atoms with Gasteiger partial charge in [-0.25, -0.2) is 4.98 Å². The molecule has 1 aromatic heterocycles. The van der Waals surface area contributed by atoms with Crippen LogP contribution in [-0.4, -0.2) is 36.6 Å². The van der Waals surface area contributed by atoms with Crippen molar-refractivity contribution in [2.24, 2.45) is 5.73 Å². The van der Waals surface area contributed by atoms with Crippen molar-refractivity contribution < 1.29 is 4.79 Å². The van der Waals surface area contributed by atoms with Crippen LogP contribution in [0.15, 0.2) is 18.3 Å². The molecule has 18 heavy (non-hydrogen) atoms. The van der Waals surface area contributed by atoms with E-state index in [9.17, 15) is 4.79 Å². The molecule has 0 bridgehead atoms. The van der Waals surface area contributed by atoms with Gasteiger partial charge >= 0.3 is 0 Å². The monoisotopic (exact) mass is 248 g/mol. The van der Waals surface area contributed by atoms with E-state index in [-0.39, 0.29) is 0 Å². The Morgan fingerprint density at radius 1 is 1.50 bits per heavy atom. The van der Waals surface area contributed by atoms with Gasteiger partial charge in [0.25, 0.3) is 0 Å². The number of hydrogen-bond donors (Lipinski definition) is 2. The van der Waals surface area contributed by atoms with E-state index in [4.69, 9.17) is 5.73 Å². The number of aromatic nitrogens is 1. The van der Waals surface area contributed by atoms with Crippen molar-refractivity contribution in [2.75, 3.05) is 24.5 Å². The minimum Gasteiger partial charge on any atom is -0.366 e. The Labute approximate surface area is 107 Å². The fraction of sp³-hybridized carbons (Fsp3) is 0.538. The summed E-state index contributed by atoms with van der Waals surface area (Å²) in [7, 11) is 0. The first-order valence-corrected chi connectivity index (χ1v) is 6.45. The number of carbonyl (C=O) groups excluding carboxylic acids is 1. The summed E-state index contributed by atoms with van der Waals surface area (Å²) in [5.74, 6) is 0.495. The van der Waals surface area contributed by atoms with Gasteiger partial charge in [0.1, 0.15) is 5.82 Å². The normalized spacial score (nSPS) is 16.8. The van der Waals surface area contributed by atoms with Gasteiger partial charge in [-0.05, 0) is 31.5 Å². The molecule has 0 atom stereocenters. The van der Waals surface area contributed by atoms with E-state index in [1.807, 2.05) is 6.07 Å². The molecule has 1 saturated heterocycles. The summed E-state index contributed by atoms with van der Waals surface area (Å²) in [5, 5.41) is 3.47. The van der Waals surface area contributed by atoms with E-state index < -0.39 is 5.91 Å². The molecule has 1 aliphatic rings. The minimum atomic E-state index is -0.431. The molecule has 0 saturated carbocycles. The highest BCUT2D eigenvalue weighted by atomic mass is 16.1. The molecule has 1 aromatic rings. The molecule has 98 valence electrons. The van der Waals surface area contributed by atoms with Crippen LogP contribution >= 0.6 is 0 Å². The third kappa shape index (κ3) is 2.98. The van der Waals surface area contributed by atoms with Crippen LogP contribution in [0.3, 0.4) is 0 Å². The lowest BCUT2D eigenvalue weighted by Crippen LogP contribution is -2.42. The zero-order valence-electron chi connectivity index (χ0n) is 10.7. The molecule has 2 heterocycles. The second kappa shape index (κ2) is 5.82. The first-order valence-electron chi connectivity index (χ1n) is 6.45. The number of nitrogens with two attached hydrogens (primary N) is 1. The Morgan fingerprint density at radius 3 is 2.72 bits per heavy atom. The average Bonchev–Trinajstić information content (AvgIpc) is 2.40. The minimum absolute atomic E-state index is 0.431. The van der Waals surface area contributed by atoms with Crippen LogP contribution in [0.5, 0.6) is 0 Å². The van der Waals surface area contributed by atoms with Crippen LogP contribution in [-0.2, 0) is 0 Å². The topological polar surface area (TPSA) is 71.2 Å². The molecule has 1 amide bonds. The number of amides is 1. The van der Waals surface area contributed by atoms with Crippen molar-refractivity contribution in [3.05, 3.63) is 23.9 Å².